The second-order valence-electron chi connectivity index (χ2n) is 5.75. The number of esters is 1. The molecule has 2 unspecified atom stereocenters. The molecule has 0 bridgehead atoms. The van der Waals surface area contributed by atoms with Crippen LogP contribution in [0.3, 0.4) is 0 Å². The van der Waals surface area contributed by atoms with Crippen molar-refractivity contribution in [2.45, 2.75) is 32.1 Å². The smallest absolute Gasteiger partial charge is 0.315 e. The average Bonchev–Trinajstić information content (AvgIpc) is 2.91. The molecule has 0 saturated carbocycles. The highest BCUT2D eigenvalue weighted by Gasteiger charge is 2.44. The van der Waals surface area contributed by atoms with Crippen LogP contribution < -0.4 is 5.32 Å². The number of allylic oxidation sites excluding steroid dienone is 2. The van der Waals surface area contributed by atoms with Crippen molar-refractivity contribution < 1.29 is 14.3 Å². The minimum Gasteiger partial charge on any atom is -0.468 e. The summed E-state index contributed by atoms with van der Waals surface area (Å²) in [6.07, 6.45) is 2.22. The van der Waals surface area contributed by atoms with Crippen molar-refractivity contribution in [3.63, 3.8) is 0 Å². The fourth-order valence-corrected chi connectivity index (χ4v) is 4.35. The van der Waals surface area contributed by atoms with Crippen LogP contribution in [0.4, 0.5) is 0 Å². The zero-order valence-corrected chi connectivity index (χ0v) is 13.6. The Morgan fingerprint density at radius 1 is 1.41 bits per heavy atom. The van der Waals surface area contributed by atoms with Crippen LogP contribution in [0.15, 0.2) is 35.7 Å². The van der Waals surface area contributed by atoms with Crippen LogP contribution in [0.25, 0.3) is 0 Å². The zero-order chi connectivity index (χ0) is 15.9. The van der Waals surface area contributed by atoms with E-state index in [4.69, 9.17) is 4.74 Å². The average molecular weight is 317 g/mol. The molecule has 1 aromatic rings. The highest BCUT2D eigenvalue weighted by molar-refractivity contribution is 7.12. The summed E-state index contributed by atoms with van der Waals surface area (Å²) in [5.74, 6) is -1.05. The number of carbonyl (C=O) groups excluding carboxylic acids is 2. The first-order chi connectivity index (χ1) is 10.5. The summed E-state index contributed by atoms with van der Waals surface area (Å²) in [5.41, 5.74) is 2.30. The molecular formula is C17H19NO3S. The first-order valence-electron chi connectivity index (χ1n) is 7.39. The maximum Gasteiger partial charge on any atom is 0.315 e. The molecule has 5 heteroatoms. The van der Waals surface area contributed by atoms with Gasteiger partial charge < -0.3 is 10.1 Å². The topological polar surface area (TPSA) is 55.4 Å². The maximum absolute atomic E-state index is 12.5. The highest BCUT2D eigenvalue weighted by Crippen LogP contribution is 2.46. The number of ketones is 1. The molecule has 0 spiro atoms. The van der Waals surface area contributed by atoms with Crippen LogP contribution in [0.2, 0.25) is 0 Å². The van der Waals surface area contributed by atoms with Gasteiger partial charge in [-0.05, 0) is 31.9 Å². The van der Waals surface area contributed by atoms with Crippen molar-refractivity contribution >= 4 is 23.1 Å². The third-order valence-corrected chi connectivity index (χ3v) is 5.39. The molecular weight excluding hydrogens is 298 g/mol. The Hall–Kier alpha value is -1.88. The predicted octanol–water partition coefficient (Wildman–Crippen LogP) is 3.05. The Kier molecular flexibility index (Phi) is 3.91. The summed E-state index contributed by atoms with van der Waals surface area (Å²) in [4.78, 5) is 27.0. The SMILES string of the molecule is C=C1NC2=C(C(=O)CCC2)C(c2ccc(C)s2)C1C(=O)OC. The van der Waals surface area contributed by atoms with Crippen LogP contribution in [0, 0.1) is 12.8 Å². The van der Waals surface area contributed by atoms with Gasteiger partial charge in [-0.2, -0.15) is 0 Å². The molecule has 4 nitrogen and oxygen atoms in total. The quantitative estimate of drug-likeness (QED) is 0.852. The standard InChI is InChI=1S/C17H19NO3S/c1-9-7-8-13(22-9)16-14(17(20)21-3)10(2)18-11-5-4-6-12(19)15(11)16/h7-8,14,16,18H,2,4-6H2,1,3H3. The van der Waals surface area contributed by atoms with Gasteiger partial charge in [0, 0.05) is 39.1 Å². The van der Waals surface area contributed by atoms with Gasteiger partial charge in [-0.15, -0.1) is 11.3 Å². The van der Waals surface area contributed by atoms with E-state index in [1.165, 1.54) is 7.11 Å². The van der Waals surface area contributed by atoms with Gasteiger partial charge in [0.25, 0.3) is 0 Å². The minimum atomic E-state index is -0.552. The lowest BCUT2D eigenvalue weighted by Gasteiger charge is -2.37. The van der Waals surface area contributed by atoms with Crippen molar-refractivity contribution in [1.82, 2.24) is 5.32 Å². The first kappa shape index (κ1) is 15.0. The highest BCUT2D eigenvalue weighted by atomic mass is 32.1. The second kappa shape index (κ2) is 5.72. The molecule has 3 rings (SSSR count). The Morgan fingerprint density at radius 2 is 2.18 bits per heavy atom. The number of ether oxygens (including phenoxy) is 1. The normalized spacial score (nSPS) is 24.8. The van der Waals surface area contributed by atoms with Gasteiger partial charge in [0.2, 0.25) is 0 Å². The summed E-state index contributed by atoms with van der Waals surface area (Å²) < 4.78 is 4.96. The number of carbonyl (C=O) groups is 2. The fraction of sp³-hybridized carbons (Fsp3) is 0.412. The number of thiophene rings is 1. The molecule has 22 heavy (non-hydrogen) atoms. The van der Waals surface area contributed by atoms with E-state index in [1.807, 2.05) is 19.1 Å². The van der Waals surface area contributed by atoms with Gasteiger partial charge in [-0.25, -0.2) is 0 Å². The number of methoxy groups -OCH3 is 1. The molecule has 116 valence electrons. The second-order valence-corrected chi connectivity index (χ2v) is 7.07. The summed E-state index contributed by atoms with van der Waals surface area (Å²) in [7, 11) is 1.37. The molecule has 1 N–H and O–H groups in total. The lowest BCUT2D eigenvalue weighted by atomic mass is 9.74. The maximum atomic E-state index is 12.5. The van der Waals surface area contributed by atoms with Crippen LogP contribution in [0.1, 0.15) is 34.9 Å². The number of Topliss-reactive ketones (excluding diaryl/α,β-unsaturated/α-hetero) is 1. The lowest BCUT2D eigenvalue weighted by molar-refractivity contribution is -0.144. The van der Waals surface area contributed by atoms with E-state index in [1.54, 1.807) is 11.3 Å². The lowest BCUT2D eigenvalue weighted by Crippen LogP contribution is -2.40. The van der Waals surface area contributed by atoms with Crippen molar-refractivity contribution in [3.05, 3.63) is 45.4 Å². The molecule has 0 radical (unpaired) electrons. The number of hydrogen-bond acceptors (Lipinski definition) is 5. The van der Waals surface area contributed by atoms with Gasteiger partial charge in [0.15, 0.2) is 5.78 Å². The molecule has 2 heterocycles. The summed E-state index contributed by atoms with van der Waals surface area (Å²) >= 11 is 1.62. The molecule has 1 aromatic heterocycles. The van der Waals surface area contributed by atoms with E-state index in [0.29, 0.717) is 12.1 Å². The van der Waals surface area contributed by atoms with Gasteiger partial charge in [0.05, 0.1) is 7.11 Å². The molecule has 2 atom stereocenters. The molecule has 0 fully saturated rings. The minimum absolute atomic E-state index is 0.131. The molecule has 1 aliphatic heterocycles. The van der Waals surface area contributed by atoms with E-state index < -0.39 is 5.92 Å². The van der Waals surface area contributed by atoms with Crippen molar-refractivity contribution in [3.8, 4) is 0 Å². The zero-order valence-electron chi connectivity index (χ0n) is 12.8. The number of hydrogen-bond donors (Lipinski definition) is 1. The predicted molar refractivity (Wildman–Crippen MR) is 85.5 cm³/mol. The first-order valence-corrected chi connectivity index (χ1v) is 8.20. The largest absolute Gasteiger partial charge is 0.468 e. The van der Waals surface area contributed by atoms with Crippen LogP contribution in [0.5, 0.6) is 0 Å². The van der Waals surface area contributed by atoms with Crippen molar-refractivity contribution in [2.75, 3.05) is 7.11 Å². The molecule has 2 aliphatic rings. The van der Waals surface area contributed by atoms with Gasteiger partial charge in [-0.1, -0.05) is 6.58 Å². The van der Waals surface area contributed by atoms with Crippen LogP contribution in [-0.4, -0.2) is 18.9 Å². The fourth-order valence-electron chi connectivity index (χ4n) is 3.33. The molecule has 1 aliphatic carbocycles. The van der Waals surface area contributed by atoms with Crippen LogP contribution in [-0.2, 0) is 14.3 Å². The number of rotatable bonds is 2. The van der Waals surface area contributed by atoms with E-state index in [2.05, 4.69) is 11.9 Å². The number of aryl methyl sites for hydroxylation is 1. The van der Waals surface area contributed by atoms with Gasteiger partial charge >= 0.3 is 5.97 Å². The Balaban J connectivity index is 2.16. The number of nitrogens with one attached hydrogen (secondary N) is 1. The molecule has 0 aromatic carbocycles. The van der Waals surface area contributed by atoms with Gasteiger partial charge in [-0.3, -0.25) is 9.59 Å². The van der Waals surface area contributed by atoms with E-state index in [-0.39, 0.29) is 17.7 Å². The third kappa shape index (κ3) is 2.39. The Bertz CT molecular complexity index is 686. The van der Waals surface area contributed by atoms with E-state index in [9.17, 15) is 9.59 Å². The Morgan fingerprint density at radius 3 is 2.82 bits per heavy atom. The third-order valence-electron chi connectivity index (χ3n) is 4.31. The van der Waals surface area contributed by atoms with E-state index >= 15 is 0 Å². The van der Waals surface area contributed by atoms with Gasteiger partial charge in [0.1, 0.15) is 5.92 Å². The Labute approximate surface area is 133 Å². The molecule has 0 saturated heterocycles. The molecule has 0 amide bonds. The van der Waals surface area contributed by atoms with Crippen LogP contribution >= 0.6 is 11.3 Å². The van der Waals surface area contributed by atoms with Crippen molar-refractivity contribution in [1.29, 1.82) is 0 Å². The van der Waals surface area contributed by atoms with E-state index in [0.717, 1.165) is 33.9 Å². The van der Waals surface area contributed by atoms with Crippen molar-refractivity contribution in [2.24, 2.45) is 5.92 Å². The summed E-state index contributed by atoms with van der Waals surface area (Å²) in [5, 5.41) is 3.19. The summed E-state index contributed by atoms with van der Waals surface area (Å²) in [6, 6.07) is 4.03. The monoisotopic (exact) mass is 317 g/mol. The summed E-state index contributed by atoms with van der Waals surface area (Å²) in [6.45, 7) is 6.03.